The van der Waals surface area contributed by atoms with Crippen LogP contribution in [-0.2, 0) is 11.4 Å². The van der Waals surface area contributed by atoms with Gasteiger partial charge in [-0.25, -0.2) is 0 Å². The van der Waals surface area contributed by atoms with E-state index in [0.717, 1.165) is 5.56 Å². The largest absolute Gasteiger partial charge is 0.490 e. The number of rotatable bonds is 10. The molecular weight excluding hydrogens is 508 g/mol. The van der Waals surface area contributed by atoms with Crippen LogP contribution in [0.3, 0.4) is 0 Å². The third kappa shape index (κ3) is 7.40. The highest BCUT2D eigenvalue weighted by molar-refractivity contribution is 9.10. The van der Waals surface area contributed by atoms with Gasteiger partial charge in [0.1, 0.15) is 30.6 Å². The predicted molar refractivity (Wildman–Crippen MR) is 139 cm³/mol. The van der Waals surface area contributed by atoms with E-state index in [2.05, 4.69) is 27.2 Å². The Morgan fingerprint density at radius 2 is 1.83 bits per heavy atom. The fourth-order valence-corrected chi connectivity index (χ4v) is 3.65. The second kappa shape index (κ2) is 12.9. The lowest BCUT2D eigenvalue weighted by Crippen LogP contribution is -2.13. The lowest BCUT2D eigenvalue weighted by atomic mass is 10.1. The zero-order valence-electron chi connectivity index (χ0n) is 19.1. The van der Waals surface area contributed by atoms with E-state index >= 15 is 0 Å². The molecule has 176 valence electrons. The molecule has 7 heteroatoms. The molecular formula is C28H23BrN2O4. The minimum atomic E-state index is -0.535. The normalized spacial score (nSPS) is 10.6. The van der Waals surface area contributed by atoms with Crippen LogP contribution in [0.4, 0.5) is 5.69 Å². The van der Waals surface area contributed by atoms with Gasteiger partial charge in [0, 0.05) is 5.69 Å². The van der Waals surface area contributed by atoms with Crippen molar-refractivity contribution in [2.75, 3.05) is 18.5 Å². The zero-order valence-corrected chi connectivity index (χ0v) is 20.7. The van der Waals surface area contributed by atoms with Gasteiger partial charge >= 0.3 is 0 Å². The topological polar surface area (TPSA) is 80.6 Å². The maximum absolute atomic E-state index is 12.7. The van der Waals surface area contributed by atoms with Crippen molar-refractivity contribution in [2.24, 2.45) is 0 Å². The molecule has 35 heavy (non-hydrogen) atoms. The number of terminal acetylenes is 1. The summed E-state index contributed by atoms with van der Waals surface area (Å²) in [5.74, 6) is 3.45. The van der Waals surface area contributed by atoms with Gasteiger partial charge in [-0.2, -0.15) is 5.26 Å². The van der Waals surface area contributed by atoms with Crippen LogP contribution in [0.25, 0.3) is 6.08 Å². The van der Waals surface area contributed by atoms with Crippen molar-refractivity contribution in [1.29, 1.82) is 5.26 Å². The number of amides is 1. The maximum Gasteiger partial charge on any atom is 0.266 e. The third-order valence-corrected chi connectivity index (χ3v) is 5.26. The van der Waals surface area contributed by atoms with Crippen molar-refractivity contribution in [3.8, 4) is 35.7 Å². The minimum Gasteiger partial charge on any atom is -0.490 e. The van der Waals surface area contributed by atoms with Gasteiger partial charge in [0.15, 0.2) is 11.5 Å². The zero-order chi connectivity index (χ0) is 25.0. The first-order chi connectivity index (χ1) is 17.0. The molecule has 0 saturated heterocycles. The van der Waals surface area contributed by atoms with Crippen molar-refractivity contribution >= 4 is 33.6 Å². The monoisotopic (exact) mass is 530 g/mol. The molecule has 0 bridgehead atoms. The molecule has 0 unspecified atom stereocenters. The Morgan fingerprint density at radius 1 is 1.09 bits per heavy atom. The van der Waals surface area contributed by atoms with Gasteiger partial charge < -0.3 is 19.5 Å². The number of ether oxygens (including phenoxy) is 3. The van der Waals surface area contributed by atoms with Crippen LogP contribution in [0.5, 0.6) is 17.2 Å². The lowest BCUT2D eigenvalue weighted by Gasteiger charge is -2.13. The standard InChI is InChI=1S/C28H23BrN2O4/c1-3-14-34-27-25(29)16-21(17-26(27)33-4-2)15-22(18-30)28(32)31-23-10-12-24(13-11-23)35-19-20-8-6-5-7-9-20/h1,5-13,15-17H,4,14,19H2,2H3,(H,31,32)/b22-15+. The molecule has 0 aliphatic rings. The molecule has 0 aliphatic carbocycles. The van der Waals surface area contributed by atoms with Crippen molar-refractivity contribution < 1.29 is 19.0 Å². The summed E-state index contributed by atoms with van der Waals surface area (Å²) in [5, 5.41) is 12.3. The van der Waals surface area contributed by atoms with Crippen molar-refractivity contribution in [3.63, 3.8) is 0 Å². The van der Waals surface area contributed by atoms with Gasteiger partial charge in [0.25, 0.3) is 5.91 Å². The van der Waals surface area contributed by atoms with Gasteiger partial charge in [-0.1, -0.05) is 36.3 Å². The van der Waals surface area contributed by atoms with Gasteiger partial charge in [-0.3, -0.25) is 4.79 Å². The Balaban J connectivity index is 1.70. The van der Waals surface area contributed by atoms with Crippen LogP contribution in [-0.4, -0.2) is 19.1 Å². The van der Waals surface area contributed by atoms with Crippen LogP contribution >= 0.6 is 15.9 Å². The van der Waals surface area contributed by atoms with Gasteiger partial charge in [-0.05, 0) is 76.5 Å². The lowest BCUT2D eigenvalue weighted by molar-refractivity contribution is -0.112. The van der Waals surface area contributed by atoms with Crippen LogP contribution in [0.1, 0.15) is 18.1 Å². The summed E-state index contributed by atoms with van der Waals surface area (Å²) in [6.07, 6.45) is 6.76. The average molecular weight is 531 g/mol. The first-order valence-electron chi connectivity index (χ1n) is 10.8. The van der Waals surface area contributed by atoms with E-state index in [9.17, 15) is 10.1 Å². The molecule has 3 aromatic carbocycles. The molecule has 0 heterocycles. The predicted octanol–water partition coefficient (Wildman–Crippen LogP) is 5.98. The van der Waals surface area contributed by atoms with Gasteiger partial charge in [-0.15, -0.1) is 6.42 Å². The van der Waals surface area contributed by atoms with E-state index in [1.807, 2.05) is 43.3 Å². The molecule has 0 saturated carbocycles. The number of hydrogen-bond acceptors (Lipinski definition) is 5. The fraction of sp³-hybridized carbons (Fsp3) is 0.143. The number of benzene rings is 3. The molecule has 3 rings (SSSR count). The number of halogens is 1. The minimum absolute atomic E-state index is 0.0685. The van der Waals surface area contributed by atoms with Gasteiger partial charge in [0.2, 0.25) is 0 Å². The molecule has 6 nitrogen and oxygen atoms in total. The van der Waals surface area contributed by atoms with Gasteiger partial charge in [0.05, 0.1) is 11.1 Å². The Labute approximate surface area is 213 Å². The first-order valence-corrected chi connectivity index (χ1v) is 11.6. The van der Waals surface area contributed by atoms with Crippen molar-refractivity contribution in [1.82, 2.24) is 0 Å². The highest BCUT2D eigenvalue weighted by atomic mass is 79.9. The molecule has 0 atom stereocenters. The summed E-state index contributed by atoms with van der Waals surface area (Å²) in [5.41, 5.74) is 2.12. The highest BCUT2D eigenvalue weighted by Crippen LogP contribution is 2.37. The van der Waals surface area contributed by atoms with Crippen LogP contribution < -0.4 is 19.5 Å². The second-order valence-corrected chi connectivity index (χ2v) is 8.03. The number of nitrogens with zero attached hydrogens (tertiary/aromatic N) is 1. The quantitative estimate of drug-likeness (QED) is 0.198. The van der Waals surface area contributed by atoms with E-state index in [0.29, 0.717) is 46.2 Å². The Bertz CT molecular complexity index is 1270. The van der Waals surface area contributed by atoms with E-state index in [1.165, 1.54) is 6.08 Å². The van der Waals surface area contributed by atoms with E-state index in [-0.39, 0.29) is 12.2 Å². The first kappa shape index (κ1) is 25.4. The molecule has 0 aromatic heterocycles. The molecule has 0 spiro atoms. The SMILES string of the molecule is C#CCOc1c(Br)cc(/C=C(\C#N)C(=O)Nc2ccc(OCc3ccccc3)cc2)cc1OCC. The van der Waals surface area contributed by atoms with Crippen LogP contribution in [0.15, 0.2) is 76.8 Å². The van der Waals surface area contributed by atoms with E-state index < -0.39 is 5.91 Å². The second-order valence-electron chi connectivity index (χ2n) is 7.18. The summed E-state index contributed by atoms with van der Waals surface area (Å²) < 4.78 is 17.5. The Hall–Kier alpha value is -4.20. The summed E-state index contributed by atoms with van der Waals surface area (Å²) in [6.45, 7) is 2.77. The maximum atomic E-state index is 12.7. The Kier molecular flexibility index (Phi) is 9.36. The molecule has 0 aliphatic heterocycles. The van der Waals surface area contributed by atoms with Crippen LogP contribution in [0.2, 0.25) is 0 Å². The number of hydrogen-bond donors (Lipinski definition) is 1. The number of carbonyl (C=O) groups excluding carboxylic acids is 1. The molecule has 0 radical (unpaired) electrons. The number of nitrogens with one attached hydrogen (secondary N) is 1. The molecule has 3 aromatic rings. The summed E-state index contributed by atoms with van der Waals surface area (Å²) in [6, 6.07) is 22.1. The molecule has 1 N–H and O–H groups in total. The van der Waals surface area contributed by atoms with Crippen LogP contribution in [0, 0.1) is 23.7 Å². The number of anilines is 1. The van der Waals surface area contributed by atoms with Crippen molar-refractivity contribution in [2.45, 2.75) is 13.5 Å². The average Bonchev–Trinajstić information content (AvgIpc) is 2.87. The molecule has 0 fully saturated rings. The van der Waals surface area contributed by atoms with E-state index in [4.69, 9.17) is 20.6 Å². The fourth-order valence-electron chi connectivity index (χ4n) is 3.08. The summed E-state index contributed by atoms with van der Waals surface area (Å²) >= 11 is 3.44. The highest BCUT2D eigenvalue weighted by Gasteiger charge is 2.14. The molecule has 1 amide bonds. The number of carbonyl (C=O) groups is 1. The Morgan fingerprint density at radius 3 is 2.49 bits per heavy atom. The smallest absolute Gasteiger partial charge is 0.266 e. The number of nitriles is 1. The summed E-state index contributed by atoms with van der Waals surface area (Å²) in [7, 11) is 0. The van der Waals surface area contributed by atoms with E-state index in [1.54, 1.807) is 36.4 Å². The summed E-state index contributed by atoms with van der Waals surface area (Å²) in [4.78, 5) is 12.7. The van der Waals surface area contributed by atoms with Crippen molar-refractivity contribution in [3.05, 3.63) is 87.9 Å². The third-order valence-electron chi connectivity index (χ3n) is 4.67.